The zero-order valence-corrected chi connectivity index (χ0v) is 14.8. The first-order chi connectivity index (χ1) is 12.5. The van der Waals surface area contributed by atoms with Gasteiger partial charge in [-0.3, -0.25) is 4.79 Å². The Morgan fingerprint density at radius 3 is 2.65 bits per heavy atom. The number of fused-ring (bicyclic) bond motifs is 1. The van der Waals surface area contributed by atoms with Crippen LogP contribution in [0.2, 0.25) is 0 Å². The molecule has 26 heavy (non-hydrogen) atoms. The predicted octanol–water partition coefficient (Wildman–Crippen LogP) is 3.18. The molecular formula is C20H20N4O2. The van der Waals surface area contributed by atoms with Gasteiger partial charge < -0.3 is 14.6 Å². The van der Waals surface area contributed by atoms with Gasteiger partial charge in [-0.2, -0.15) is 0 Å². The number of aryl methyl sites for hydroxylation is 1. The maximum Gasteiger partial charge on any atom is 0.254 e. The van der Waals surface area contributed by atoms with E-state index in [9.17, 15) is 9.90 Å². The van der Waals surface area contributed by atoms with Crippen molar-refractivity contribution >= 4 is 5.91 Å². The van der Waals surface area contributed by atoms with Crippen molar-refractivity contribution in [2.75, 3.05) is 6.54 Å². The standard InChI is InChI=1S/C20H20N4O2/c1-13-10-16(8-9-17(13)25)20(26)23-11-14(2)24-18(12-23)21-22-19(24)15-6-4-3-5-7-15/h3-10,14,25H,11-12H2,1-2H3/t14-/m0/s1. The molecule has 2 aromatic carbocycles. The van der Waals surface area contributed by atoms with Crippen LogP contribution in [0.3, 0.4) is 0 Å². The molecule has 1 N–H and O–H groups in total. The molecule has 4 rings (SSSR count). The lowest BCUT2D eigenvalue weighted by Crippen LogP contribution is -2.40. The molecule has 132 valence electrons. The van der Waals surface area contributed by atoms with Crippen molar-refractivity contribution < 1.29 is 9.90 Å². The van der Waals surface area contributed by atoms with E-state index < -0.39 is 0 Å². The highest BCUT2D eigenvalue weighted by Crippen LogP contribution is 2.28. The highest BCUT2D eigenvalue weighted by atomic mass is 16.3. The number of amides is 1. The number of aromatic nitrogens is 3. The van der Waals surface area contributed by atoms with Gasteiger partial charge in [-0.05, 0) is 37.6 Å². The Hall–Kier alpha value is -3.15. The molecule has 0 fully saturated rings. The second kappa shape index (κ2) is 6.29. The lowest BCUT2D eigenvalue weighted by atomic mass is 10.1. The first-order valence-corrected chi connectivity index (χ1v) is 8.62. The van der Waals surface area contributed by atoms with Crippen molar-refractivity contribution in [3.63, 3.8) is 0 Å². The van der Waals surface area contributed by atoms with Crippen LogP contribution in [0.15, 0.2) is 48.5 Å². The molecule has 1 amide bonds. The minimum absolute atomic E-state index is 0.0598. The summed E-state index contributed by atoms with van der Waals surface area (Å²) in [5.74, 6) is 1.75. The molecule has 1 aliphatic heterocycles. The molecule has 0 unspecified atom stereocenters. The van der Waals surface area contributed by atoms with Gasteiger partial charge in [0.2, 0.25) is 0 Å². The van der Waals surface area contributed by atoms with E-state index in [1.54, 1.807) is 30.0 Å². The fourth-order valence-electron chi connectivity index (χ4n) is 3.44. The molecule has 6 heteroatoms. The van der Waals surface area contributed by atoms with Gasteiger partial charge in [0.15, 0.2) is 11.6 Å². The van der Waals surface area contributed by atoms with Crippen LogP contribution in [0.4, 0.5) is 0 Å². The zero-order valence-electron chi connectivity index (χ0n) is 14.8. The molecule has 2 heterocycles. The van der Waals surface area contributed by atoms with Crippen molar-refractivity contribution in [2.24, 2.45) is 0 Å². The summed E-state index contributed by atoms with van der Waals surface area (Å²) in [7, 11) is 0. The molecule has 3 aromatic rings. The normalized spacial score (nSPS) is 16.4. The number of aromatic hydroxyl groups is 1. The summed E-state index contributed by atoms with van der Waals surface area (Å²) in [6.07, 6.45) is 0. The number of carbonyl (C=O) groups is 1. The smallest absolute Gasteiger partial charge is 0.254 e. The molecule has 0 saturated heterocycles. The Morgan fingerprint density at radius 2 is 1.92 bits per heavy atom. The highest BCUT2D eigenvalue weighted by Gasteiger charge is 2.30. The van der Waals surface area contributed by atoms with E-state index in [4.69, 9.17) is 0 Å². The molecule has 1 atom stereocenters. The van der Waals surface area contributed by atoms with Crippen LogP contribution in [0.1, 0.15) is 34.7 Å². The van der Waals surface area contributed by atoms with Crippen LogP contribution >= 0.6 is 0 Å². The molecule has 0 spiro atoms. The van der Waals surface area contributed by atoms with Crippen molar-refractivity contribution in [3.8, 4) is 17.1 Å². The van der Waals surface area contributed by atoms with Crippen LogP contribution in [-0.2, 0) is 6.54 Å². The van der Waals surface area contributed by atoms with Crippen LogP contribution in [0, 0.1) is 6.92 Å². The number of benzene rings is 2. The van der Waals surface area contributed by atoms with Gasteiger partial charge in [0.05, 0.1) is 12.6 Å². The lowest BCUT2D eigenvalue weighted by Gasteiger charge is -2.32. The van der Waals surface area contributed by atoms with Crippen LogP contribution < -0.4 is 0 Å². The number of phenols is 1. The van der Waals surface area contributed by atoms with E-state index in [0.29, 0.717) is 24.2 Å². The van der Waals surface area contributed by atoms with Crippen LogP contribution in [0.5, 0.6) is 5.75 Å². The largest absolute Gasteiger partial charge is 0.508 e. The maximum absolute atomic E-state index is 12.9. The van der Waals surface area contributed by atoms with Crippen molar-refractivity contribution in [3.05, 3.63) is 65.5 Å². The minimum Gasteiger partial charge on any atom is -0.508 e. The number of carbonyl (C=O) groups excluding carboxylic acids is 1. The first kappa shape index (κ1) is 16.3. The van der Waals surface area contributed by atoms with Gasteiger partial charge in [-0.1, -0.05) is 30.3 Å². The van der Waals surface area contributed by atoms with E-state index in [2.05, 4.69) is 21.7 Å². The lowest BCUT2D eigenvalue weighted by molar-refractivity contribution is 0.0682. The van der Waals surface area contributed by atoms with E-state index in [-0.39, 0.29) is 17.7 Å². The number of hydrogen-bond acceptors (Lipinski definition) is 4. The van der Waals surface area contributed by atoms with Crippen molar-refractivity contribution in [1.82, 2.24) is 19.7 Å². The van der Waals surface area contributed by atoms with Crippen LogP contribution in [-0.4, -0.2) is 37.2 Å². The quantitative estimate of drug-likeness (QED) is 0.772. The third-order valence-corrected chi connectivity index (χ3v) is 4.79. The summed E-state index contributed by atoms with van der Waals surface area (Å²) in [4.78, 5) is 14.7. The summed E-state index contributed by atoms with van der Waals surface area (Å²) < 4.78 is 2.11. The van der Waals surface area contributed by atoms with Gasteiger partial charge in [-0.15, -0.1) is 10.2 Å². The van der Waals surface area contributed by atoms with Gasteiger partial charge >= 0.3 is 0 Å². The topological polar surface area (TPSA) is 71.2 Å². The molecule has 0 aliphatic carbocycles. The fourth-order valence-corrected chi connectivity index (χ4v) is 3.44. The van der Waals surface area contributed by atoms with E-state index in [1.165, 1.54) is 0 Å². The Balaban J connectivity index is 1.64. The Kier molecular flexibility index (Phi) is 3.95. The Morgan fingerprint density at radius 1 is 1.15 bits per heavy atom. The van der Waals surface area contributed by atoms with Crippen LogP contribution in [0.25, 0.3) is 11.4 Å². The predicted molar refractivity (Wildman–Crippen MR) is 97.8 cm³/mol. The molecule has 1 aliphatic rings. The summed E-state index contributed by atoms with van der Waals surface area (Å²) in [5.41, 5.74) is 2.28. The zero-order chi connectivity index (χ0) is 18.3. The molecule has 6 nitrogen and oxygen atoms in total. The van der Waals surface area contributed by atoms with Crippen molar-refractivity contribution in [2.45, 2.75) is 26.4 Å². The Labute approximate surface area is 151 Å². The summed E-state index contributed by atoms with van der Waals surface area (Å²) in [6.45, 7) is 4.86. The second-order valence-corrected chi connectivity index (χ2v) is 6.71. The number of phenolic OH excluding ortho intramolecular Hbond substituents is 1. The Bertz CT molecular complexity index is 965. The first-order valence-electron chi connectivity index (χ1n) is 8.62. The number of rotatable bonds is 2. The molecule has 0 bridgehead atoms. The van der Waals surface area contributed by atoms with Gasteiger partial charge in [-0.25, -0.2) is 0 Å². The monoisotopic (exact) mass is 348 g/mol. The SMILES string of the molecule is Cc1cc(C(=O)N2Cc3nnc(-c4ccccc4)n3[C@@H](C)C2)ccc1O. The molecule has 0 radical (unpaired) electrons. The third-order valence-electron chi connectivity index (χ3n) is 4.79. The van der Waals surface area contributed by atoms with Gasteiger partial charge in [0.1, 0.15) is 5.75 Å². The van der Waals surface area contributed by atoms with E-state index in [0.717, 1.165) is 17.2 Å². The molecular weight excluding hydrogens is 328 g/mol. The van der Waals surface area contributed by atoms with E-state index >= 15 is 0 Å². The highest BCUT2D eigenvalue weighted by molar-refractivity contribution is 5.94. The number of hydrogen-bond donors (Lipinski definition) is 1. The van der Waals surface area contributed by atoms with Crippen molar-refractivity contribution in [1.29, 1.82) is 0 Å². The van der Waals surface area contributed by atoms with Gasteiger partial charge in [0, 0.05) is 17.7 Å². The van der Waals surface area contributed by atoms with E-state index in [1.807, 2.05) is 30.3 Å². The molecule has 0 saturated carbocycles. The minimum atomic E-state index is -0.0598. The molecule has 1 aromatic heterocycles. The summed E-state index contributed by atoms with van der Waals surface area (Å²) >= 11 is 0. The fraction of sp³-hybridized carbons (Fsp3) is 0.250. The third kappa shape index (κ3) is 2.73. The summed E-state index contributed by atoms with van der Waals surface area (Å²) in [6, 6.07) is 15.0. The second-order valence-electron chi connectivity index (χ2n) is 6.71. The maximum atomic E-state index is 12.9. The number of nitrogens with zero attached hydrogens (tertiary/aromatic N) is 4. The van der Waals surface area contributed by atoms with Gasteiger partial charge in [0.25, 0.3) is 5.91 Å². The average molecular weight is 348 g/mol. The average Bonchev–Trinajstić information content (AvgIpc) is 3.09. The summed E-state index contributed by atoms with van der Waals surface area (Å²) in [5, 5.41) is 18.3.